The summed E-state index contributed by atoms with van der Waals surface area (Å²) in [4.78, 5) is 26.9. The molecule has 1 saturated heterocycles. The Morgan fingerprint density at radius 2 is 0.950 bits per heavy atom. The number of ether oxygens (including phenoxy) is 1. The molecule has 0 N–H and O–H groups in total. The zero-order valence-electron chi connectivity index (χ0n) is 27.3. The molecular weight excluding hydrogens is 496 g/mol. The number of carbonyl (C=O) groups excluding carboxylic acids is 2. The Bertz CT molecular complexity index is 596. The van der Waals surface area contributed by atoms with Gasteiger partial charge in [-0.25, -0.2) is 0 Å². The van der Waals surface area contributed by atoms with Crippen molar-refractivity contribution in [1.82, 2.24) is 4.90 Å². The lowest BCUT2D eigenvalue weighted by Crippen LogP contribution is -2.59. The molecule has 1 aliphatic heterocycles. The number of rotatable bonds is 27. The number of nitrogens with zero attached hydrogens (tertiary/aromatic N) is 2. The molecule has 40 heavy (non-hydrogen) atoms. The Balaban J connectivity index is 1.96. The fraction of sp³-hybridized carbons (Fsp3) is 0.943. The lowest BCUT2D eigenvalue weighted by Gasteiger charge is -2.41. The van der Waals surface area contributed by atoms with Crippen molar-refractivity contribution >= 4 is 11.9 Å². The molecule has 0 saturated carbocycles. The summed E-state index contributed by atoms with van der Waals surface area (Å²) in [5.74, 6) is 0.295. The molecule has 0 unspecified atom stereocenters. The van der Waals surface area contributed by atoms with Crippen LogP contribution in [0.2, 0.25) is 0 Å². The van der Waals surface area contributed by atoms with E-state index in [2.05, 4.69) is 25.8 Å². The van der Waals surface area contributed by atoms with Gasteiger partial charge in [-0.05, 0) is 12.8 Å². The molecule has 1 heterocycles. The predicted molar refractivity (Wildman–Crippen MR) is 170 cm³/mol. The van der Waals surface area contributed by atoms with Crippen LogP contribution in [0.3, 0.4) is 0 Å². The highest BCUT2D eigenvalue weighted by atomic mass is 16.5. The number of quaternary nitrogens is 1. The number of hydrogen-bond acceptors (Lipinski definition) is 3. The Morgan fingerprint density at radius 3 is 1.38 bits per heavy atom. The number of esters is 1. The van der Waals surface area contributed by atoms with Gasteiger partial charge in [0.1, 0.15) is 13.2 Å². The van der Waals surface area contributed by atoms with Gasteiger partial charge in [0.2, 0.25) is 5.91 Å². The van der Waals surface area contributed by atoms with Crippen molar-refractivity contribution in [3.8, 4) is 0 Å². The molecule has 1 amide bonds. The van der Waals surface area contributed by atoms with E-state index in [4.69, 9.17) is 4.74 Å². The maximum atomic E-state index is 12.7. The summed E-state index contributed by atoms with van der Waals surface area (Å²) in [6.45, 7) is 9.48. The van der Waals surface area contributed by atoms with Gasteiger partial charge in [0.15, 0.2) is 0 Å². The van der Waals surface area contributed by atoms with E-state index in [1.54, 1.807) is 0 Å². The van der Waals surface area contributed by atoms with Crippen molar-refractivity contribution in [2.75, 3.05) is 46.4 Å². The molecule has 0 bridgehead atoms. The molecule has 0 atom stereocenters. The summed E-state index contributed by atoms with van der Waals surface area (Å²) in [7, 11) is 2.24. The third-order valence-corrected chi connectivity index (χ3v) is 9.05. The largest absolute Gasteiger partial charge is 0.460 e. The molecule has 5 nitrogen and oxygen atoms in total. The van der Waals surface area contributed by atoms with Gasteiger partial charge in [0, 0.05) is 12.8 Å². The van der Waals surface area contributed by atoms with E-state index >= 15 is 0 Å². The summed E-state index contributed by atoms with van der Waals surface area (Å²) in [5.41, 5.74) is 0. The minimum absolute atomic E-state index is 0.0386. The molecule has 1 aliphatic rings. The molecule has 1 rings (SSSR count). The number of carbonyl (C=O) groups is 2. The molecule has 5 heteroatoms. The molecule has 0 aromatic heterocycles. The Kier molecular flexibility index (Phi) is 23.6. The average molecular weight is 566 g/mol. The van der Waals surface area contributed by atoms with Crippen LogP contribution in [0.1, 0.15) is 168 Å². The number of unbranched alkanes of at least 4 members (excludes halogenated alkanes) is 20. The van der Waals surface area contributed by atoms with Gasteiger partial charge in [0.25, 0.3) is 0 Å². The summed E-state index contributed by atoms with van der Waals surface area (Å²) >= 11 is 0. The van der Waals surface area contributed by atoms with Gasteiger partial charge in [-0.15, -0.1) is 0 Å². The number of likely N-dealkylation sites (N-methyl/N-ethyl adjacent to an activating group) is 1. The first-order valence-electron chi connectivity index (χ1n) is 17.8. The standard InChI is InChI=1S/C35H69N2O3/c1-4-6-8-10-12-14-16-18-20-22-24-26-34(38)36-28-30-37(3,31-29-36)32-33-40-35(39)27-25-23-21-19-17-15-13-11-9-7-5-2/h4-33H2,1-3H3/q+1. The minimum Gasteiger partial charge on any atom is -0.460 e. The van der Waals surface area contributed by atoms with Crippen molar-refractivity contribution in [2.45, 2.75) is 168 Å². The van der Waals surface area contributed by atoms with Gasteiger partial charge >= 0.3 is 5.97 Å². The summed E-state index contributed by atoms with van der Waals surface area (Å²) in [6.07, 6.45) is 30.0. The third kappa shape index (κ3) is 20.7. The maximum Gasteiger partial charge on any atom is 0.305 e. The zero-order valence-corrected chi connectivity index (χ0v) is 27.3. The van der Waals surface area contributed by atoms with Crippen LogP contribution in [0.5, 0.6) is 0 Å². The monoisotopic (exact) mass is 566 g/mol. The highest BCUT2D eigenvalue weighted by Crippen LogP contribution is 2.16. The first-order valence-corrected chi connectivity index (χ1v) is 17.8. The van der Waals surface area contributed by atoms with E-state index in [9.17, 15) is 9.59 Å². The van der Waals surface area contributed by atoms with Gasteiger partial charge in [-0.3, -0.25) is 9.59 Å². The SMILES string of the molecule is CCCCCCCCCCCCCC(=O)OCC[N+]1(C)CCN(C(=O)CCCCCCCCCCCCC)CC1. The van der Waals surface area contributed by atoms with Crippen LogP contribution in [0.4, 0.5) is 0 Å². The van der Waals surface area contributed by atoms with Crippen LogP contribution < -0.4 is 0 Å². The van der Waals surface area contributed by atoms with Crippen molar-refractivity contribution < 1.29 is 18.8 Å². The Labute approximate surface area is 249 Å². The lowest BCUT2D eigenvalue weighted by atomic mass is 10.0. The van der Waals surface area contributed by atoms with Gasteiger partial charge in [-0.1, -0.05) is 142 Å². The third-order valence-electron chi connectivity index (χ3n) is 9.05. The number of piperazine rings is 1. The predicted octanol–water partition coefficient (Wildman–Crippen LogP) is 9.22. The van der Waals surface area contributed by atoms with Crippen LogP contribution in [0, 0.1) is 0 Å². The van der Waals surface area contributed by atoms with E-state index in [1.165, 1.54) is 122 Å². The van der Waals surface area contributed by atoms with Crippen molar-refractivity contribution in [3.63, 3.8) is 0 Å². The van der Waals surface area contributed by atoms with E-state index < -0.39 is 0 Å². The van der Waals surface area contributed by atoms with Crippen LogP contribution in [-0.2, 0) is 14.3 Å². The van der Waals surface area contributed by atoms with Gasteiger partial charge in [0.05, 0.1) is 33.2 Å². The molecule has 0 aromatic rings. The second-order valence-corrected chi connectivity index (χ2v) is 13.0. The quantitative estimate of drug-likeness (QED) is 0.0566. The summed E-state index contributed by atoms with van der Waals surface area (Å²) < 4.78 is 6.46. The highest BCUT2D eigenvalue weighted by molar-refractivity contribution is 5.76. The smallest absolute Gasteiger partial charge is 0.305 e. The second-order valence-electron chi connectivity index (χ2n) is 13.0. The van der Waals surface area contributed by atoms with Crippen LogP contribution >= 0.6 is 0 Å². The molecule has 236 valence electrons. The zero-order chi connectivity index (χ0) is 29.2. The van der Waals surface area contributed by atoms with Crippen LogP contribution in [0.15, 0.2) is 0 Å². The molecule has 0 radical (unpaired) electrons. The van der Waals surface area contributed by atoms with Gasteiger partial charge < -0.3 is 14.1 Å². The fourth-order valence-electron chi connectivity index (χ4n) is 5.91. The fourth-order valence-corrected chi connectivity index (χ4v) is 5.91. The van der Waals surface area contributed by atoms with E-state index in [1.807, 2.05) is 0 Å². The molecule has 0 spiro atoms. The number of amides is 1. The van der Waals surface area contributed by atoms with Crippen LogP contribution in [0.25, 0.3) is 0 Å². The molecular formula is C35H69N2O3+. The second kappa shape index (κ2) is 25.6. The first-order chi connectivity index (χ1) is 19.5. The highest BCUT2D eigenvalue weighted by Gasteiger charge is 2.30. The van der Waals surface area contributed by atoms with E-state index in [-0.39, 0.29) is 5.97 Å². The first kappa shape index (κ1) is 36.9. The molecule has 0 aliphatic carbocycles. The molecule has 0 aromatic carbocycles. The number of hydrogen-bond donors (Lipinski definition) is 0. The van der Waals surface area contributed by atoms with Crippen molar-refractivity contribution in [1.29, 1.82) is 0 Å². The van der Waals surface area contributed by atoms with Crippen molar-refractivity contribution in [2.24, 2.45) is 0 Å². The Hall–Kier alpha value is -1.10. The molecule has 1 fully saturated rings. The summed E-state index contributed by atoms with van der Waals surface area (Å²) in [5, 5.41) is 0. The summed E-state index contributed by atoms with van der Waals surface area (Å²) in [6, 6.07) is 0. The van der Waals surface area contributed by atoms with Gasteiger partial charge in [-0.2, -0.15) is 0 Å². The van der Waals surface area contributed by atoms with Crippen LogP contribution in [-0.4, -0.2) is 67.6 Å². The maximum absolute atomic E-state index is 12.7. The van der Waals surface area contributed by atoms with Crippen molar-refractivity contribution in [3.05, 3.63) is 0 Å². The average Bonchev–Trinajstić information content (AvgIpc) is 2.95. The normalized spacial score (nSPS) is 14.9. The topological polar surface area (TPSA) is 46.6 Å². The lowest BCUT2D eigenvalue weighted by molar-refractivity contribution is -0.913. The minimum atomic E-state index is -0.0386. The van der Waals surface area contributed by atoms with E-state index in [0.717, 1.165) is 56.5 Å². The van der Waals surface area contributed by atoms with E-state index in [0.29, 0.717) is 25.4 Å². The Morgan fingerprint density at radius 1 is 0.575 bits per heavy atom.